The third-order valence-corrected chi connectivity index (χ3v) is 1.34. The normalized spacial score (nSPS) is 12.5. The molecule has 0 bridgehead atoms. The number of rotatable bonds is 5. The van der Waals surface area contributed by atoms with Crippen LogP contribution in [0.1, 0.15) is 26.2 Å². The molecular weight excluding hydrogens is 148 g/mol. The van der Waals surface area contributed by atoms with E-state index in [0.717, 1.165) is 6.42 Å². The summed E-state index contributed by atoms with van der Waals surface area (Å²) in [6, 6.07) is 0. The van der Waals surface area contributed by atoms with Gasteiger partial charge in [0.05, 0.1) is 0 Å². The van der Waals surface area contributed by atoms with Gasteiger partial charge in [-0.2, -0.15) is 0 Å². The molecule has 64 valence electrons. The molecule has 0 saturated carbocycles. The second kappa shape index (κ2) is 4.85. The molecule has 0 aromatic rings. The lowest BCUT2D eigenvalue weighted by molar-refractivity contribution is -0.153. The Morgan fingerprint density at radius 1 is 1.45 bits per heavy atom. The molecule has 4 heteroatoms. The van der Waals surface area contributed by atoms with Gasteiger partial charge in [0.1, 0.15) is 6.10 Å². The Kier molecular flexibility index (Phi) is 4.45. The first-order valence-electron chi connectivity index (χ1n) is 3.54. The SMILES string of the molecule is CCCCC(O)C(=O)C(=O)O. The number of Topliss-reactive ketones (excluding diaryl/α,β-unsaturated/α-hetero) is 1. The first-order chi connectivity index (χ1) is 5.09. The van der Waals surface area contributed by atoms with Crippen molar-refractivity contribution in [1.82, 2.24) is 0 Å². The molecular formula is C7H12O4. The minimum Gasteiger partial charge on any atom is -0.475 e. The van der Waals surface area contributed by atoms with E-state index in [1.165, 1.54) is 0 Å². The van der Waals surface area contributed by atoms with Gasteiger partial charge < -0.3 is 10.2 Å². The molecule has 1 atom stereocenters. The van der Waals surface area contributed by atoms with Crippen LogP contribution in [0.3, 0.4) is 0 Å². The zero-order valence-corrected chi connectivity index (χ0v) is 6.41. The van der Waals surface area contributed by atoms with E-state index >= 15 is 0 Å². The van der Waals surface area contributed by atoms with Gasteiger partial charge in [-0.25, -0.2) is 4.79 Å². The van der Waals surface area contributed by atoms with Crippen molar-refractivity contribution in [2.75, 3.05) is 0 Å². The molecule has 0 aliphatic rings. The minimum absolute atomic E-state index is 0.238. The van der Waals surface area contributed by atoms with E-state index in [2.05, 4.69) is 0 Å². The van der Waals surface area contributed by atoms with E-state index in [-0.39, 0.29) is 6.42 Å². The zero-order chi connectivity index (χ0) is 8.85. The van der Waals surface area contributed by atoms with E-state index in [1.54, 1.807) is 0 Å². The summed E-state index contributed by atoms with van der Waals surface area (Å²) in [5.74, 6) is -2.67. The van der Waals surface area contributed by atoms with Crippen molar-refractivity contribution in [3.63, 3.8) is 0 Å². The Hall–Kier alpha value is -0.900. The summed E-state index contributed by atoms with van der Waals surface area (Å²) in [4.78, 5) is 20.5. The van der Waals surface area contributed by atoms with E-state index in [0.29, 0.717) is 6.42 Å². The molecule has 2 N–H and O–H groups in total. The van der Waals surface area contributed by atoms with Gasteiger partial charge in [0.15, 0.2) is 0 Å². The Bertz CT molecular complexity index is 153. The predicted octanol–water partition coefficient (Wildman–Crippen LogP) is 0.191. The lowest BCUT2D eigenvalue weighted by atomic mass is 10.1. The van der Waals surface area contributed by atoms with Gasteiger partial charge in [0, 0.05) is 0 Å². The molecule has 0 heterocycles. The summed E-state index contributed by atoms with van der Waals surface area (Å²) in [6.07, 6.45) is 0.415. The van der Waals surface area contributed by atoms with Crippen molar-refractivity contribution in [2.24, 2.45) is 0 Å². The van der Waals surface area contributed by atoms with Gasteiger partial charge in [-0.1, -0.05) is 19.8 Å². The van der Waals surface area contributed by atoms with Gasteiger partial charge in [0.25, 0.3) is 5.78 Å². The summed E-state index contributed by atoms with van der Waals surface area (Å²) in [7, 11) is 0. The van der Waals surface area contributed by atoms with Crippen molar-refractivity contribution in [1.29, 1.82) is 0 Å². The van der Waals surface area contributed by atoms with E-state index in [9.17, 15) is 9.59 Å². The Morgan fingerprint density at radius 3 is 2.36 bits per heavy atom. The first kappa shape index (κ1) is 10.1. The summed E-state index contributed by atoms with van der Waals surface area (Å²) in [5.41, 5.74) is 0. The fourth-order valence-electron chi connectivity index (χ4n) is 0.671. The predicted molar refractivity (Wildman–Crippen MR) is 38.2 cm³/mol. The van der Waals surface area contributed by atoms with Crippen molar-refractivity contribution in [3.05, 3.63) is 0 Å². The molecule has 11 heavy (non-hydrogen) atoms. The first-order valence-corrected chi connectivity index (χ1v) is 3.54. The van der Waals surface area contributed by atoms with Crippen molar-refractivity contribution in [3.8, 4) is 0 Å². The topological polar surface area (TPSA) is 74.6 Å². The van der Waals surface area contributed by atoms with Crippen LogP contribution in [0.5, 0.6) is 0 Å². The Morgan fingerprint density at radius 2 is 2.00 bits per heavy atom. The van der Waals surface area contributed by atoms with Gasteiger partial charge in [0.2, 0.25) is 0 Å². The molecule has 1 unspecified atom stereocenters. The number of aliphatic hydroxyl groups is 1. The fourth-order valence-corrected chi connectivity index (χ4v) is 0.671. The summed E-state index contributed by atoms with van der Waals surface area (Å²) >= 11 is 0. The van der Waals surface area contributed by atoms with Crippen LogP contribution in [0.25, 0.3) is 0 Å². The fraction of sp³-hybridized carbons (Fsp3) is 0.714. The van der Waals surface area contributed by atoms with Crippen LogP contribution in [0.15, 0.2) is 0 Å². The van der Waals surface area contributed by atoms with Crippen LogP contribution in [0.2, 0.25) is 0 Å². The van der Waals surface area contributed by atoms with E-state index in [4.69, 9.17) is 10.2 Å². The number of aliphatic carboxylic acids is 1. The summed E-state index contributed by atoms with van der Waals surface area (Å²) < 4.78 is 0. The number of hydrogen-bond donors (Lipinski definition) is 2. The van der Waals surface area contributed by atoms with Crippen LogP contribution < -0.4 is 0 Å². The molecule has 0 rings (SSSR count). The lowest BCUT2D eigenvalue weighted by Crippen LogP contribution is -2.27. The number of carboxylic acid groups (broad SMARTS) is 1. The Balaban J connectivity index is 3.73. The van der Waals surface area contributed by atoms with Crippen LogP contribution in [-0.2, 0) is 9.59 Å². The molecule has 0 aromatic carbocycles. The smallest absolute Gasteiger partial charge is 0.374 e. The van der Waals surface area contributed by atoms with Gasteiger partial charge >= 0.3 is 5.97 Å². The van der Waals surface area contributed by atoms with Crippen LogP contribution in [0.4, 0.5) is 0 Å². The monoisotopic (exact) mass is 160 g/mol. The maximum atomic E-state index is 10.5. The van der Waals surface area contributed by atoms with Crippen molar-refractivity contribution in [2.45, 2.75) is 32.3 Å². The van der Waals surface area contributed by atoms with Gasteiger partial charge in [-0.15, -0.1) is 0 Å². The van der Waals surface area contributed by atoms with E-state index in [1.807, 2.05) is 6.92 Å². The third-order valence-electron chi connectivity index (χ3n) is 1.34. The highest BCUT2D eigenvalue weighted by Gasteiger charge is 2.20. The number of unbranched alkanes of at least 4 members (excludes halogenated alkanes) is 1. The molecule has 4 nitrogen and oxygen atoms in total. The number of hydrogen-bond acceptors (Lipinski definition) is 3. The van der Waals surface area contributed by atoms with Crippen LogP contribution >= 0.6 is 0 Å². The number of ketones is 1. The lowest BCUT2D eigenvalue weighted by Gasteiger charge is -2.03. The average Bonchev–Trinajstić information content (AvgIpc) is 1.98. The summed E-state index contributed by atoms with van der Waals surface area (Å²) in [6.45, 7) is 1.90. The maximum absolute atomic E-state index is 10.5. The van der Waals surface area contributed by atoms with Crippen molar-refractivity contribution >= 4 is 11.8 Å². The highest BCUT2D eigenvalue weighted by Crippen LogP contribution is 2.00. The maximum Gasteiger partial charge on any atom is 0.374 e. The average molecular weight is 160 g/mol. The number of carboxylic acids is 1. The Labute approximate surface area is 64.8 Å². The highest BCUT2D eigenvalue weighted by atomic mass is 16.4. The van der Waals surface area contributed by atoms with Gasteiger partial charge in [-0.05, 0) is 6.42 Å². The van der Waals surface area contributed by atoms with Crippen LogP contribution in [0, 0.1) is 0 Å². The largest absolute Gasteiger partial charge is 0.475 e. The molecule has 0 amide bonds. The molecule has 0 aliphatic carbocycles. The molecule has 0 aliphatic heterocycles. The summed E-state index contributed by atoms with van der Waals surface area (Å²) in [5, 5.41) is 17.0. The van der Waals surface area contributed by atoms with Gasteiger partial charge in [-0.3, -0.25) is 4.79 Å². The number of carbonyl (C=O) groups excluding carboxylic acids is 1. The van der Waals surface area contributed by atoms with E-state index < -0.39 is 17.9 Å². The minimum atomic E-state index is -1.56. The standard InChI is InChI=1S/C7H12O4/c1-2-3-4-5(8)6(9)7(10)11/h5,8H,2-4H2,1H3,(H,10,11). The van der Waals surface area contributed by atoms with Crippen LogP contribution in [-0.4, -0.2) is 28.1 Å². The zero-order valence-electron chi connectivity index (χ0n) is 6.41. The number of carbonyl (C=O) groups is 2. The molecule has 0 aromatic heterocycles. The highest BCUT2D eigenvalue weighted by molar-refractivity contribution is 6.34. The third kappa shape index (κ3) is 3.72. The molecule has 0 radical (unpaired) electrons. The second-order valence-corrected chi connectivity index (χ2v) is 2.33. The molecule has 0 saturated heterocycles. The second-order valence-electron chi connectivity index (χ2n) is 2.33. The quantitative estimate of drug-likeness (QED) is 0.563. The van der Waals surface area contributed by atoms with Crippen molar-refractivity contribution < 1.29 is 19.8 Å². The number of aliphatic hydroxyl groups excluding tert-OH is 1. The molecule has 0 spiro atoms. The molecule has 0 fully saturated rings.